The SMILES string of the molecule is CC[C@H](C)[C@H](CC(=O)C[C@H](C)[C@@H](C)Cc1ccccc1)C(C)=O. The summed E-state index contributed by atoms with van der Waals surface area (Å²) >= 11 is 0. The molecule has 1 rings (SSSR count). The van der Waals surface area contributed by atoms with Crippen molar-refractivity contribution in [3.63, 3.8) is 0 Å². The van der Waals surface area contributed by atoms with Crippen LogP contribution < -0.4 is 0 Å². The molecule has 0 aliphatic heterocycles. The largest absolute Gasteiger partial charge is 0.300 e. The number of benzene rings is 1. The molecule has 0 aromatic heterocycles. The molecule has 0 heterocycles. The molecule has 0 bridgehead atoms. The molecule has 0 fully saturated rings. The maximum absolute atomic E-state index is 12.4. The minimum absolute atomic E-state index is 0.107. The molecular weight excluding hydrogens is 284 g/mol. The van der Waals surface area contributed by atoms with Crippen LogP contribution in [-0.4, -0.2) is 11.6 Å². The lowest BCUT2D eigenvalue weighted by molar-refractivity contribution is -0.128. The van der Waals surface area contributed by atoms with Crippen LogP contribution in [0.5, 0.6) is 0 Å². The van der Waals surface area contributed by atoms with Gasteiger partial charge in [-0.3, -0.25) is 9.59 Å². The van der Waals surface area contributed by atoms with Crippen LogP contribution >= 0.6 is 0 Å². The third-order valence-electron chi connectivity index (χ3n) is 5.22. The maximum Gasteiger partial charge on any atom is 0.133 e. The lowest BCUT2D eigenvalue weighted by Crippen LogP contribution is -2.24. The van der Waals surface area contributed by atoms with Gasteiger partial charge in [0.15, 0.2) is 0 Å². The second-order valence-corrected chi connectivity index (χ2v) is 7.19. The summed E-state index contributed by atoms with van der Waals surface area (Å²) in [6, 6.07) is 10.4. The van der Waals surface area contributed by atoms with Gasteiger partial charge in [0.05, 0.1) is 0 Å². The summed E-state index contributed by atoms with van der Waals surface area (Å²) in [7, 11) is 0. The van der Waals surface area contributed by atoms with Gasteiger partial charge in [0, 0.05) is 18.8 Å². The van der Waals surface area contributed by atoms with E-state index in [-0.39, 0.29) is 23.4 Å². The third-order valence-corrected chi connectivity index (χ3v) is 5.22. The summed E-state index contributed by atoms with van der Waals surface area (Å²) < 4.78 is 0. The zero-order chi connectivity index (χ0) is 17.4. The third kappa shape index (κ3) is 6.68. The van der Waals surface area contributed by atoms with Crippen molar-refractivity contribution in [2.45, 2.75) is 60.3 Å². The van der Waals surface area contributed by atoms with Crippen LogP contribution in [0.4, 0.5) is 0 Å². The first-order valence-electron chi connectivity index (χ1n) is 8.91. The molecule has 0 amide bonds. The highest BCUT2D eigenvalue weighted by Gasteiger charge is 2.25. The van der Waals surface area contributed by atoms with Gasteiger partial charge in [-0.2, -0.15) is 0 Å². The Hall–Kier alpha value is -1.44. The molecule has 4 atom stereocenters. The van der Waals surface area contributed by atoms with Crippen molar-refractivity contribution >= 4 is 11.6 Å². The van der Waals surface area contributed by atoms with E-state index >= 15 is 0 Å². The van der Waals surface area contributed by atoms with E-state index in [1.807, 2.05) is 6.07 Å². The van der Waals surface area contributed by atoms with Crippen molar-refractivity contribution in [1.82, 2.24) is 0 Å². The van der Waals surface area contributed by atoms with Crippen molar-refractivity contribution in [3.8, 4) is 0 Å². The predicted molar refractivity (Wildman–Crippen MR) is 96.3 cm³/mol. The Morgan fingerprint density at radius 1 is 0.913 bits per heavy atom. The molecule has 23 heavy (non-hydrogen) atoms. The number of carbonyl (C=O) groups is 2. The molecule has 2 nitrogen and oxygen atoms in total. The topological polar surface area (TPSA) is 34.1 Å². The second-order valence-electron chi connectivity index (χ2n) is 7.19. The molecule has 0 aliphatic rings. The van der Waals surface area contributed by atoms with E-state index in [0.717, 1.165) is 12.8 Å². The highest BCUT2D eigenvalue weighted by atomic mass is 16.1. The summed E-state index contributed by atoms with van der Waals surface area (Å²) in [5.41, 5.74) is 1.32. The second kappa shape index (κ2) is 9.64. The summed E-state index contributed by atoms with van der Waals surface area (Å²) in [6.07, 6.45) is 2.93. The smallest absolute Gasteiger partial charge is 0.133 e. The van der Waals surface area contributed by atoms with Crippen molar-refractivity contribution in [1.29, 1.82) is 0 Å². The number of ketones is 2. The average Bonchev–Trinajstić information content (AvgIpc) is 2.52. The first-order valence-corrected chi connectivity index (χ1v) is 8.91. The van der Waals surface area contributed by atoms with Gasteiger partial charge in [-0.1, -0.05) is 64.4 Å². The Morgan fingerprint density at radius 2 is 1.52 bits per heavy atom. The van der Waals surface area contributed by atoms with E-state index in [1.54, 1.807) is 6.92 Å². The van der Waals surface area contributed by atoms with Crippen LogP contribution in [0, 0.1) is 23.7 Å². The molecule has 0 saturated carbocycles. The fraction of sp³-hybridized carbons (Fsp3) is 0.619. The molecule has 0 spiro atoms. The Bertz CT molecular complexity index is 492. The number of rotatable bonds is 10. The summed E-state index contributed by atoms with van der Waals surface area (Å²) in [5, 5.41) is 0. The summed E-state index contributed by atoms with van der Waals surface area (Å²) in [5.74, 6) is 1.36. The van der Waals surface area contributed by atoms with Gasteiger partial charge < -0.3 is 0 Å². The monoisotopic (exact) mass is 316 g/mol. The fourth-order valence-corrected chi connectivity index (χ4v) is 3.11. The fourth-order valence-electron chi connectivity index (χ4n) is 3.11. The van der Waals surface area contributed by atoms with Gasteiger partial charge in [0.25, 0.3) is 0 Å². The molecule has 0 N–H and O–H groups in total. The van der Waals surface area contributed by atoms with Gasteiger partial charge in [0.1, 0.15) is 11.6 Å². The van der Waals surface area contributed by atoms with Crippen molar-refractivity contribution < 1.29 is 9.59 Å². The molecule has 1 aromatic carbocycles. The molecule has 0 radical (unpaired) electrons. The molecule has 0 unspecified atom stereocenters. The zero-order valence-electron chi connectivity index (χ0n) is 15.3. The molecule has 2 heteroatoms. The van der Waals surface area contributed by atoms with Gasteiger partial charge in [-0.15, -0.1) is 0 Å². The van der Waals surface area contributed by atoms with E-state index < -0.39 is 0 Å². The molecule has 128 valence electrons. The standard InChI is InChI=1S/C21H32O2/c1-6-15(2)21(18(5)22)14-20(23)13-17(4)16(3)12-19-10-8-7-9-11-19/h7-11,15-17,21H,6,12-14H2,1-5H3/t15-,16-,17-,21-/m0/s1. The number of hydrogen-bond donors (Lipinski definition) is 0. The average molecular weight is 316 g/mol. The molecule has 0 saturated heterocycles. The van der Waals surface area contributed by atoms with E-state index in [0.29, 0.717) is 24.7 Å². The highest BCUT2D eigenvalue weighted by molar-refractivity contribution is 5.87. The Labute approximate surface area is 141 Å². The lowest BCUT2D eigenvalue weighted by atomic mass is 9.81. The van der Waals surface area contributed by atoms with Gasteiger partial charge in [-0.25, -0.2) is 0 Å². The number of hydrogen-bond acceptors (Lipinski definition) is 2. The van der Waals surface area contributed by atoms with Gasteiger partial charge in [0.2, 0.25) is 0 Å². The van der Waals surface area contributed by atoms with Crippen LogP contribution in [0.15, 0.2) is 30.3 Å². The van der Waals surface area contributed by atoms with E-state index in [1.165, 1.54) is 5.56 Å². The maximum atomic E-state index is 12.4. The Morgan fingerprint density at radius 3 is 2.04 bits per heavy atom. The normalized spacial score (nSPS) is 16.4. The minimum atomic E-state index is -0.107. The van der Waals surface area contributed by atoms with Crippen LogP contribution in [0.3, 0.4) is 0 Å². The minimum Gasteiger partial charge on any atom is -0.300 e. The van der Waals surface area contributed by atoms with Gasteiger partial charge in [-0.05, 0) is 36.7 Å². The predicted octanol–water partition coefficient (Wildman–Crippen LogP) is 5.10. The lowest BCUT2D eigenvalue weighted by Gasteiger charge is -2.22. The number of carbonyl (C=O) groups excluding carboxylic acids is 2. The highest BCUT2D eigenvalue weighted by Crippen LogP contribution is 2.25. The molecule has 1 aromatic rings. The van der Waals surface area contributed by atoms with Crippen LogP contribution in [0.25, 0.3) is 0 Å². The first-order chi connectivity index (χ1) is 10.8. The number of Topliss-reactive ketones (excluding diaryl/α,β-unsaturated/α-hetero) is 2. The van der Waals surface area contributed by atoms with E-state index in [4.69, 9.17) is 0 Å². The van der Waals surface area contributed by atoms with Crippen LogP contribution in [-0.2, 0) is 16.0 Å². The first kappa shape index (κ1) is 19.6. The molecule has 0 aliphatic carbocycles. The summed E-state index contributed by atoms with van der Waals surface area (Å²) in [4.78, 5) is 24.2. The summed E-state index contributed by atoms with van der Waals surface area (Å²) in [6.45, 7) is 10.1. The van der Waals surface area contributed by atoms with Crippen molar-refractivity contribution in [2.24, 2.45) is 23.7 Å². The molecular formula is C21H32O2. The Kier molecular flexibility index (Phi) is 8.22. The van der Waals surface area contributed by atoms with Gasteiger partial charge >= 0.3 is 0 Å². The van der Waals surface area contributed by atoms with E-state index in [9.17, 15) is 9.59 Å². The van der Waals surface area contributed by atoms with Crippen LogP contribution in [0.2, 0.25) is 0 Å². The van der Waals surface area contributed by atoms with Crippen molar-refractivity contribution in [3.05, 3.63) is 35.9 Å². The Balaban J connectivity index is 2.53. The quantitative estimate of drug-likeness (QED) is 0.601. The van der Waals surface area contributed by atoms with Crippen molar-refractivity contribution in [2.75, 3.05) is 0 Å². The van der Waals surface area contributed by atoms with E-state index in [2.05, 4.69) is 52.0 Å². The van der Waals surface area contributed by atoms with Crippen LogP contribution in [0.1, 0.15) is 59.4 Å². The zero-order valence-corrected chi connectivity index (χ0v) is 15.3.